The van der Waals surface area contributed by atoms with Gasteiger partial charge in [0.05, 0.1) is 6.10 Å². The third-order valence-corrected chi connectivity index (χ3v) is 3.36. The molecule has 1 fully saturated rings. The van der Waals surface area contributed by atoms with Crippen molar-refractivity contribution < 1.29 is 9.90 Å². The van der Waals surface area contributed by atoms with Crippen LogP contribution in [0.2, 0.25) is 0 Å². The molecule has 3 nitrogen and oxygen atoms in total. The largest absolute Gasteiger partial charge is 0.393 e. The molecular weight excluding hydrogens is 202 g/mol. The molecular formula is C13H17NO2. The van der Waals surface area contributed by atoms with Crippen LogP contribution in [-0.2, 0) is 0 Å². The number of benzene rings is 1. The zero-order valence-corrected chi connectivity index (χ0v) is 9.23. The molecule has 1 aliphatic rings. The van der Waals surface area contributed by atoms with Crippen LogP contribution in [0.5, 0.6) is 0 Å². The summed E-state index contributed by atoms with van der Waals surface area (Å²) in [7, 11) is 0. The molecule has 2 rings (SSSR count). The second kappa shape index (κ2) is 4.66. The summed E-state index contributed by atoms with van der Waals surface area (Å²) in [5, 5.41) is 9.46. The Balaban J connectivity index is 2.23. The summed E-state index contributed by atoms with van der Waals surface area (Å²) in [6, 6.07) is 7.53. The van der Waals surface area contributed by atoms with E-state index in [2.05, 4.69) is 0 Å². The maximum absolute atomic E-state index is 11.3. The van der Waals surface area contributed by atoms with E-state index in [1.807, 2.05) is 18.2 Å². The predicted molar refractivity (Wildman–Crippen MR) is 62.2 cm³/mol. The molecule has 0 atom stereocenters. The first-order chi connectivity index (χ1) is 7.68. The van der Waals surface area contributed by atoms with Gasteiger partial charge in [0, 0.05) is 5.56 Å². The van der Waals surface area contributed by atoms with Crippen LogP contribution in [0.15, 0.2) is 24.3 Å². The molecule has 0 heterocycles. The Bertz CT molecular complexity index is 381. The molecule has 0 saturated heterocycles. The van der Waals surface area contributed by atoms with Crippen LogP contribution in [0.25, 0.3) is 0 Å². The van der Waals surface area contributed by atoms with Crippen LogP contribution >= 0.6 is 0 Å². The van der Waals surface area contributed by atoms with Crippen molar-refractivity contribution in [2.45, 2.75) is 37.7 Å². The summed E-state index contributed by atoms with van der Waals surface area (Å²) in [4.78, 5) is 11.3. The fraction of sp³-hybridized carbons (Fsp3) is 0.462. The van der Waals surface area contributed by atoms with Gasteiger partial charge in [-0.2, -0.15) is 0 Å². The Hall–Kier alpha value is -1.35. The second-order valence-electron chi connectivity index (χ2n) is 4.46. The molecule has 3 heteroatoms. The highest BCUT2D eigenvalue weighted by atomic mass is 16.3. The van der Waals surface area contributed by atoms with Crippen LogP contribution in [0, 0.1) is 0 Å². The number of aliphatic hydroxyl groups is 1. The van der Waals surface area contributed by atoms with E-state index in [4.69, 9.17) is 5.73 Å². The number of carbonyl (C=O) groups is 1. The molecule has 86 valence electrons. The van der Waals surface area contributed by atoms with Gasteiger partial charge in [-0.1, -0.05) is 18.2 Å². The monoisotopic (exact) mass is 219 g/mol. The average molecular weight is 219 g/mol. The minimum Gasteiger partial charge on any atom is -0.393 e. The normalized spacial score (nSPS) is 25.3. The van der Waals surface area contributed by atoms with Gasteiger partial charge in [-0.3, -0.25) is 4.79 Å². The molecule has 0 radical (unpaired) electrons. The van der Waals surface area contributed by atoms with Crippen molar-refractivity contribution in [1.29, 1.82) is 0 Å². The number of aliphatic hydroxyl groups excluding tert-OH is 1. The lowest BCUT2D eigenvalue weighted by Gasteiger charge is -2.26. The molecule has 0 bridgehead atoms. The molecule has 0 unspecified atom stereocenters. The Morgan fingerprint density at radius 3 is 2.44 bits per heavy atom. The first kappa shape index (κ1) is 11.1. The summed E-state index contributed by atoms with van der Waals surface area (Å²) >= 11 is 0. The zero-order valence-electron chi connectivity index (χ0n) is 9.23. The predicted octanol–water partition coefficient (Wildman–Crippen LogP) is 1.80. The molecule has 1 aliphatic carbocycles. The van der Waals surface area contributed by atoms with Gasteiger partial charge in [-0.15, -0.1) is 0 Å². The van der Waals surface area contributed by atoms with Gasteiger partial charge in [-0.25, -0.2) is 0 Å². The van der Waals surface area contributed by atoms with Gasteiger partial charge in [0.25, 0.3) is 0 Å². The van der Waals surface area contributed by atoms with E-state index < -0.39 is 0 Å². The molecule has 0 aromatic heterocycles. The smallest absolute Gasteiger partial charge is 0.248 e. The van der Waals surface area contributed by atoms with Crippen LogP contribution in [0.3, 0.4) is 0 Å². The Morgan fingerprint density at radius 1 is 1.19 bits per heavy atom. The van der Waals surface area contributed by atoms with E-state index in [9.17, 15) is 9.90 Å². The van der Waals surface area contributed by atoms with Crippen LogP contribution in [0.1, 0.15) is 47.5 Å². The Labute approximate surface area is 95.3 Å². The first-order valence-corrected chi connectivity index (χ1v) is 5.75. The van der Waals surface area contributed by atoms with E-state index in [-0.39, 0.29) is 12.0 Å². The second-order valence-corrected chi connectivity index (χ2v) is 4.46. The molecule has 3 N–H and O–H groups in total. The van der Waals surface area contributed by atoms with E-state index in [1.54, 1.807) is 6.07 Å². The highest BCUT2D eigenvalue weighted by Crippen LogP contribution is 2.34. The van der Waals surface area contributed by atoms with Gasteiger partial charge >= 0.3 is 0 Å². The zero-order chi connectivity index (χ0) is 11.5. The number of hydrogen-bond acceptors (Lipinski definition) is 2. The standard InChI is InChI=1S/C13H17NO2/c14-13(16)12-4-2-1-3-11(12)9-5-7-10(15)8-6-9/h1-4,9-10,15H,5-8H2,(H2,14,16). The Morgan fingerprint density at radius 2 is 1.81 bits per heavy atom. The van der Waals surface area contributed by atoms with Crippen molar-refractivity contribution in [3.63, 3.8) is 0 Å². The van der Waals surface area contributed by atoms with Gasteiger partial charge in [0.2, 0.25) is 5.91 Å². The van der Waals surface area contributed by atoms with Crippen molar-refractivity contribution in [2.75, 3.05) is 0 Å². The third kappa shape index (κ3) is 2.25. The van der Waals surface area contributed by atoms with Crippen molar-refractivity contribution in [1.82, 2.24) is 0 Å². The van der Waals surface area contributed by atoms with Crippen molar-refractivity contribution in [2.24, 2.45) is 5.73 Å². The summed E-state index contributed by atoms with van der Waals surface area (Å²) in [5.74, 6) is 0.00817. The van der Waals surface area contributed by atoms with Gasteiger partial charge in [-0.05, 0) is 43.2 Å². The van der Waals surface area contributed by atoms with E-state index in [0.717, 1.165) is 31.2 Å². The van der Waals surface area contributed by atoms with Gasteiger partial charge in [0.1, 0.15) is 0 Å². The highest BCUT2D eigenvalue weighted by Gasteiger charge is 2.23. The highest BCUT2D eigenvalue weighted by molar-refractivity contribution is 5.94. The van der Waals surface area contributed by atoms with Gasteiger partial charge < -0.3 is 10.8 Å². The number of primary amides is 1. The molecule has 1 aromatic carbocycles. The molecule has 16 heavy (non-hydrogen) atoms. The van der Waals surface area contributed by atoms with E-state index in [0.29, 0.717) is 11.5 Å². The van der Waals surface area contributed by atoms with Gasteiger partial charge in [0.15, 0.2) is 0 Å². The van der Waals surface area contributed by atoms with E-state index >= 15 is 0 Å². The number of amides is 1. The molecule has 1 amide bonds. The first-order valence-electron chi connectivity index (χ1n) is 5.75. The molecule has 0 aliphatic heterocycles. The van der Waals surface area contributed by atoms with Crippen molar-refractivity contribution in [3.8, 4) is 0 Å². The molecule has 1 saturated carbocycles. The molecule has 1 aromatic rings. The number of hydrogen-bond donors (Lipinski definition) is 2. The maximum Gasteiger partial charge on any atom is 0.248 e. The minimum absolute atomic E-state index is 0.169. The topological polar surface area (TPSA) is 63.3 Å². The Kier molecular flexibility index (Phi) is 3.25. The summed E-state index contributed by atoms with van der Waals surface area (Å²) < 4.78 is 0. The van der Waals surface area contributed by atoms with Crippen LogP contribution in [-0.4, -0.2) is 17.1 Å². The number of rotatable bonds is 2. The third-order valence-electron chi connectivity index (χ3n) is 3.36. The fourth-order valence-corrected chi connectivity index (χ4v) is 2.46. The maximum atomic E-state index is 11.3. The van der Waals surface area contributed by atoms with Crippen molar-refractivity contribution in [3.05, 3.63) is 35.4 Å². The number of nitrogens with two attached hydrogens (primary N) is 1. The quantitative estimate of drug-likeness (QED) is 0.796. The van der Waals surface area contributed by atoms with Crippen molar-refractivity contribution >= 4 is 5.91 Å². The summed E-state index contributed by atoms with van der Waals surface area (Å²) in [6.45, 7) is 0. The minimum atomic E-state index is -0.360. The lowest BCUT2D eigenvalue weighted by atomic mass is 9.81. The molecule has 0 spiro atoms. The lowest BCUT2D eigenvalue weighted by Crippen LogP contribution is -2.20. The van der Waals surface area contributed by atoms with Crippen LogP contribution < -0.4 is 5.73 Å². The number of carbonyl (C=O) groups excluding carboxylic acids is 1. The lowest BCUT2D eigenvalue weighted by molar-refractivity contribution is 0.0997. The average Bonchev–Trinajstić information content (AvgIpc) is 2.30. The summed E-state index contributed by atoms with van der Waals surface area (Å²) in [5.41, 5.74) is 7.03. The van der Waals surface area contributed by atoms with Crippen LogP contribution in [0.4, 0.5) is 0 Å². The van der Waals surface area contributed by atoms with E-state index in [1.165, 1.54) is 0 Å². The SMILES string of the molecule is NC(=O)c1ccccc1C1CCC(O)CC1. The fourth-order valence-electron chi connectivity index (χ4n) is 2.46. The summed E-state index contributed by atoms with van der Waals surface area (Å²) in [6.07, 6.45) is 3.34.